The van der Waals surface area contributed by atoms with Crippen LogP contribution in [0, 0.1) is 0 Å². The fourth-order valence-electron chi connectivity index (χ4n) is 2.88. The van der Waals surface area contributed by atoms with E-state index in [1.165, 1.54) is 48.1 Å². The molecule has 0 saturated carbocycles. The number of benzene rings is 1. The van der Waals surface area contributed by atoms with Crippen molar-refractivity contribution in [1.29, 1.82) is 0 Å². The summed E-state index contributed by atoms with van der Waals surface area (Å²) in [5, 5.41) is 5.63. The molecule has 1 aliphatic carbocycles. The molecular weight excluding hydrogens is 292 g/mol. The van der Waals surface area contributed by atoms with Gasteiger partial charge in [-0.1, -0.05) is 25.5 Å². The number of nitrogens with one attached hydrogen (secondary N) is 1. The molecule has 0 aliphatic heterocycles. The van der Waals surface area contributed by atoms with E-state index < -0.39 is 0 Å². The number of carbonyl (C=O) groups is 1. The summed E-state index contributed by atoms with van der Waals surface area (Å²) in [6.07, 6.45) is 7.49. The molecule has 0 spiro atoms. The molecule has 1 aromatic carbocycles. The van der Waals surface area contributed by atoms with Gasteiger partial charge in [-0.2, -0.15) is 0 Å². The third kappa shape index (κ3) is 3.55. The number of hydrogen-bond donors (Lipinski definition) is 1. The molecule has 22 heavy (non-hydrogen) atoms. The highest BCUT2D eigenvalue weighted by molar-refractivity contribution is 7.14. The van der Waals surface area contributed by atoms with E-state index >= 15 is 0 Å². The Balaban J connectivity index is 1.72. The highest BCUT2D eigenvalue weighted by Crippen LogP contribution is 2.29. The van der Waals surface area contributed by atoms with Gasteiger partial charge in [0.15, 0.2) is 5.13 Å². The van der Waals surface area contributed by atoms with Crippen LogP contribution in [0.5, 0.6) is 0 Å². The molecule has 116 valence electrons. The molecule has 0 atom stereocenters. The first kappa shape index (κ1) is 15.2. The Hall–Kier alpha value is -1.68. The summed E-state index contributed by atoms with van der Waals surface area (Å²) >= 11 is 1.50. The van der Waals surface area contributed by atoms with Crippen LogP contribution < -0.4 is 5.32 Å². The number of anilines is 1. The summed E-state index contributed by atoms with van der Waals surface area (Å²) in [5.41, 5.74) is 5.07. The summed E-state index contributed by atoms with van der Waals surface area (Å²) in [7, 11) is 0. The summed E-state index contributed by atoms with van der Waals surface area (Å²) in [6.45, 7) is 2.09. The van der Waals surface area contributed by atoms with Crippen LogP contribution >= 0.6 is 11.3 Å². The lowest BCUT2D eigenvalue weighted by molar-refractivity contribution is -0.116. The number of thiazole rings is 1. The topological polar surface area (TPSA) is 42.0 Å². The molecule has 0 saturated heterocycles. The minimum atomic E-state index is 0.0631. The summed E-state index contributed by atoms with van der Waals surface area (Å²) in [4.78, 5) is 16.3. The van der Waals surface area contributed by atoms with Gasteiger partial charge >= 0.3 is 0 Å². The molecule has 3 nitrogen and oxygen atoms in total. The first-order valence-corrected chi connectivity index (χ1v) is 9.02. The second kappa shape index (κ2) is 7.05. The van der Waals surface area contributed by atoms with Crippen LogP contribution in [0.4, 0.5) is 5.13 Å². The third-order valence-electron chi connectivity index (χ3n) is 4.15. The number of aromatic nitrogens is 1. The van der Waals surface area contributed by atoms with Gasteiger partial charge in [-0.25, -0.2) is 4.98 Å². The molecule has 1 aromatic heterocycles. The smallest absolute Gasteiger partial charge is 0.226 e. The lowest BCUT2D eigenvalue weighted by Crippen LogP contribution is -2.10. The predicted molar refractivity (Wildman–Crippen MR) is 92.3 cm³/mol. The molecular formula is C18H22N2OS. The van der Waals surface area contributed by atoms with Crippen LogP contribution in [0.1, 0.15) is 50.2 Å². The van der Waals surface area contributed by atoms with Gasteiger partial charge in [0.2, 0.25) is 5.91 Å². The minimum Gasteiger partial charge on any atom is -0.302 e. The van der Waals surface area contributed by atoms with E-state index in [0.717, 1.165) is 24.1 Å². The zero-order valence-corrected chi connectivity index (χ0v) is 13.8. The molecule has 4 heteroatoms. The van der Waals surface area contributed by atoms with Crippen molar-refractivity contribution in [2.75, 3.05) is 5.32 Å². The van der Waals surface area contributed by atoms with E-state index in [0.29, 0.717) is 11.6 Å². The Labute approximate surface area is 135 Å². The Morgan fingerprint density at radius 3 is 2.91 bits per heavy atom. The lowest BCUT2D eigenvalue weighted by atomic mass is 9.90. The fourth-order valence-corrected chi connectivity index (χ4v) is 3.61. The van der Waals surface area contributed by atoms with Crippen molar-refractivity contribution in [3.63, 3.8) is 0 Å². The molecule has 0 unspecified atom stereocenters. The predicted octanol–water partition coefficient (Wildman–Crippen LogP) is 4.82. The molecule has 1 N–H and O–H groups in total. The van der Waals surface area contributed by atoms with Crippen molar-refractivity contribution in [3.05, 3.63) is 34.7 Å². The maximum absolute atomic E-state index is 11.8. The van der Waals surface area contributed by atoms with Crippen molar-refractivity contribution in [1.82, 2.24) is 4.98 Å². The first-order valence-electron chi connectivity index (χ1n) is 8.14. The van der Waals surface area contributed by atoms with Crippen LogP contribution in [0.15, 0.2) is 23.6 Å². The number of hydrogen-bond acceptors (Lipinski definition) is 3. The monoisotopic (exact) mass is 314 g/mol. The first-order chi connectivity index (χ1) is 10.8. The van der Waals surface area contributed by atoms with Crippen LogP contribution in [-0.2, 0) is 17.6 Å². The number of fused-ring (bicyclic) bond motifs is 1. The average molecular weight is 314 g/mol. The van der Waals surface area contributed by atoms with E-state index in [2.05, 4.69) is 35.4 Å². The van der Waals surface area contributed by atoms with Crippen molar-refractivity contribution < 1.29 is 4.79 Å². The minimum absolute atomic E-state index is 0.0631. The van der Waals surface area contributed by atoms with Gasteiger partial charge in [0, 0.05) is 17.4 Å². The molecule has 1 amide bonds. The number of amides is 1. The Kier molecular flexibility index (Phi) is 4.88. The van der Waals surface area contributed by atoms with Crippen molar-refractivity contribution in [3.8, 4) is 11.3 Å². The van der Waals surface area contributed by atoms with Crippen molar-refractivity contribution >= 4 is 22.4 Å². The zero-order chi connectivity index (χ0) is 15.4. The van der Waals surface area contributed by atoms with Gasteiger partial charge < -0.3 is 5.32 Å². The number of unbranched alkanes of at least 4 members (excludes halogenated alkanes) is 1. The Morgan fingerprint density at radius 1 is 1.27 bits per heavy atom. The van der Waals surface area contributed by atoms with Gasteiger partial charge in [0.1, 0.15) is 0 Å². The van der Waals surface area contributed by atoms with E-state index in [-0.39, 0.29) is 5.91 Å². The van der Waals surface area contributed by atoms with Gasteiger partial charge in [0.05, 0.1) is 5.69 Å². The van der Waals surface area contributed by atoms with E-state index in [1.54, 1.807) is 0 Å². The standard InChI is InChI=1S/C18H22N2OS/c1-2-3-8-17(21)20-18-19-16(12-22-18)15-10-9-13-6-4-5-7-14(13)11-15/h9-12H,2-8H2,1H3,(H,19,20,21). The van der Waals surface area contributed by atoms with Gasteiger partial charge in [-0.3, -0.25) is 4.79 Å². The van der Waals surface area contributed by atoms with E-state index in [9.17, 15) is 4.79 Å². The molecule has 0 bridgehead atoms. The summed E-state index contributed by atoms with van der Waals surface area (Å²) in [5.74, 6) is 0.0631. The SMILES string of the molecule is CCCCC(=O)Nc1nc(-c2ccc3c(c2)CCCC3)cs1. The summed E-state index contributed by atoms with van der Waals surface area (Å²) < 4.78 is 0. The van der Waals surface area contributed by atoms with Crippen molar-refractivity contribution in [2.45, 2.75) is 51.9 Å². The molecule has 2 aromatic rings. The average Bonchev–Trinajstić information content (AvgIpc) is 3.01. The van der Waals surface area contributed by atoms with Crippen LogP contribution in [0.3, 0.4) is 0 Å². The van der Waals surface area contributed by atoms with Gasteiger partial charge in [-0.15, -0.1) is 11.3 Å². The second-order valence-corrected chi connectivity index (χ2v) is 6.74. The van der Waals surface area contributed by atoms with Crippen LogP contribution in [0.2, 0.25) is 0 Å². The highest BCUT2D eigenvalue weighted by Gasteiger charge is 2.12. The number of rotatable bonds is 5. The maximum atomic E-state index is 11.8. The van der Waals surface area contributed by atoms with Crippen LogP contribution in [-0.4, -0.2) is 10.9 Å². The molecule has 0 radical (unpaired) electrons. The summed E-state index contributed by atoms with van der Waals surface area (Å²) in [6, 6.07) is 6.66. The van der Waals surface area contributed by atoms with Crippen LogP contribution in [0.25, 0.3) is 11.3 Å². The van der Waals surface area contributed by atoms with E-state index in [1.807, 2.05) is 5.38 Å². The molecule has 0 fully saturated rings. The largest absolute Gasteiger partial charge is 0.302 e. The lowest BCUT2D eigenvalue weighted by Gasteiger charge is -2.16. The quantitative estimate of drug-likeness (QED) is 0.860. The normalized spacial score (nSPS) is 13.7. The molecule has 1 aliphatic rings. The number of carbonyl (C=O) groups excluding carboxylic acids is 1. The molecule has 1 heterocycles. The van der Waals surface area contributed by atoms with Gasteiger partial charge in [-0.05, 0) is 49.3 Å². The second-order valence-electron chi connectivity index (χ2n) is 5.88. The third-order valence-corrected chi connectivity index (χ3v) is 4.91. The fraction of sp³-hybridized carbons (Fsp3) is 0.444. The number of aryl methyl sites for hydroxylation is 2. The Bertz CT molecular complexity index is 663. The van der Waals surface area contributed by atoms with Crippen molar-refractivity contribution in [2.24, 2.45) is 0 Å². The molecule has 3 rings (SSSR count). The Morgan fingerprint density at radius 2 is 2.09 bits per heavy atom. The number of nitrogens with zero attached hydrogens (tertiary/aromatic N) is 1. The van der Waals surface area contributed by atoms with E-state index in [4.69, 9.17) is 0 Å². The zero-order valence-electron chi connectivity index (χ0n) is 13.0. The maximum Gasteiger partial charge on any atom is 0.226 e. The van der Waals surface area contributed by atoms with Gasteiger partial charge in [0.25, 0.3) is 0 Å². The highest BCUT2D eigenvalue weighted by atomic mass is 32.1.